The zero-order chi connectivity index (χ0) is 19.6. The van der Waals surface area contributed by atoms with Crippen molar-refractivity contribution in [3.05, 3.63) is 84.4 Å². The second kappa shape index (κ2) is 10.0. The Morgan fingerprint density at radius 2 is 1.50 bits per heavy atom. The van der Waals surface area contributed by atoms with Crippen LogP contribution in [0.2, 0.25) is 0 Å². The lowest BCUT2D eigenvalue weighted by Crippen LogP contribution is -2.14. The van der Waals surface area contributed by atoms with E-state index in [4.69, 9.17) is 15.2 Å². The smallest absolute Gasteiger partial charge is 0.224 e. The number of hydrogen-bond donors (Lipinski definition) is 2. The summed E-state index contributed by atoms with van der Waals surface area (Å²) in [5.41, 5.74) is 8.13. The van der Waals surface area contributed by atoms with Crippen LogP contribution in [0.5, 0.6) is 11.5 Å². The summed E-state index contributed by atoms with van der Waals surface area (Å²) in [6, 6.07) is 24.5. The first-order valence-electron chi connectivity index (χ1n) is 9.24. The lowest BCUT2D eigenvalue weighted by atomic mass is 10.1. The molecule has 0 aliphatic carbocycles. The molecular weight excluding hydrogens is 352 g/mol. The van der Waals surface area contributed by atoms with Crippen LogP contribution in [0.4, 0.5) is 11.4 Å². The van der Waals surface area contributed by atoms with Crippen molar-refractivity contribution in [1.29, 1.82) is 0 Å². The van der Waals surface area contributed by atoms with Gasteiger partial charge >= 0.3 is 0 Å². The number of carbonyl (C=O) groups excluding carboxylic acids is 1. The molecule has 144 valence electrons. The zero-order valence-electron chi connectivity index (χ0n) is 15.6. The average molecular weight is 376 g/mol. The molecule has 0 radical (unpaired) electrons. The Bertz CT molecular complexity index is 880. The average Bonchev–Trinajstić information content (AvgIpc) is 2.73. The number of aryl methyl sites for hydroxylation is 1. The van der Waals surface area contributed by atoms with Crippen LogP contribution >= 0.6 is 0 Å². The Labute approximate surface area is 165 Å². The lowest BCUT2D eigenvalue weighted by molar-refractivity contribution is -0.116. The van der Waals surface area contributed by atoms with Gasteiger partial charge in [-0.1, -0.05) is 42.5 Å². The number of rotatable bonds is 9. The summed E-state index contributed by atoms with van der Waals surface area (Å²) < 4.78 is 11.4. The molecule has 0 spiro atoms. The monoisotopic (exact) mass is 376 g/mol. The number of ether oxygens (including phenoxy) is 2. The molecular formula is C23H24N2O3. The van der Waals surface area contributed by atoms with Crippen molar-refractivity contribution in [3.63, 3.8) is 0 Å². The summed E-state index contributed by atoms with van der Waals surface area (Å²) in [6.45, 7) is 0.802. The van der Waals surface area contributed by atoms with Crippen LogP contribution in [-0.2, 0) is 11.2 Å². The number of hydrogen-bond acceptors (Lipinski definition) is 4. The van der Waals surface area contributed by atoms with E-state index in [1.165, 1.54) is 0 Å². The fraction of sp³-hybridized carbons (Fsp3) is 0.174. The van der Waals surface area contributed by atoms with E-state index in [-0.39, 0.29) is 5.91 Å². The summed E-state index contributed by atoms with van der Waals surface area (Å²) in [7, 11) is 0. The normalized spacial score (nSPS) is 10.3. The lowest BCUT2D eigenvalue weighted by Gasteiger charge is -2.13. The number of para-hydroxylation sites is 3. The quantitative estimate of drug-likeness (QED) is 0.431. The van der Waals surface area contributed by atoms with Gasteiger partial charge in [-0.3, -0.25) is 4.79 Å². The molecule has 3 aromatic rings. The highest BCUT2D eigenvalue weighted by Gasteiger charge is 2.08. The van der Waals surface area contributed by atoms with E-state index >= 15 is 0 Å². The second-order valence-corrected chi connectivity index (χ2v) is 6.30. The molecule has 0 heterocycles. The molecule has 0 unspecified atom stereocenters. The molecule has 1 amide bonds. The molecule has 0 atom stereocenters. The maximum absolute atomic E-state index is 12.3. The Morgan fingerprint density at radius 3 is 2.29 bits per heavy atom. The molecule has 0 fully saturated rings. The Kier molecular flexibility index (Phi) is 6.90. The van der Waals surface area contributed by atoms with Gasteiger partial charge in [-0.15, -0.1) is 0 Å². The molecule has 0 saturated carbocycles. The summed E-state index contributed by atoms with van der Waals surface area (Å²) in [5.74, 6) is 1.36. The highest BCUT2D eigenvalue weighted by atomic mass is 16.5. The van der Waals surface area contributed by atoms with Gasteiger partial charge in [0, 0.05) is 12.1 Å². The van der Waals surface area contributed by atoms with E-state index in [9.17, 15) is 4.79 Å². The van der Waals surface area contributed by atoms with E-state index in [1.807, 2.05) is 78.9 Å². The molecule has 5 heteroatoms. The van der Waals surface area contributed by atoms with Crippen molar-refractivity contribution < 1.29 is 14.3 Å². The van der Waals surface area contributed by atoms with Crippen molar-refractivity contribution in [3.8, 4) is 11.5 Å². The van der Waals surface area contributed by atoms with E-state index in [1.54, 1.807) is 0 Å². The van der Waals surface area contributed by atoms with Crippen LogP contribution in [0.1, 0.15) is 12.0 Å². The number of anilines is 2. The van der Waals surface area contributed by atoms with Crippen LogP contribution in [0.15, 0.2) is 78.9 Å². The number of carbonyl (C=O) groups is 1. The molecule has 0 aromatic heterocycles. The minimum Gasteiger partial charge on any atom is -0.490 e. The maximum atomic E-state index is 12.3. The predicted octanol–water partition coefficient (Wildman–Crippen LogP) is 4.30. The Morgan fingerprint density at radius 1 is 0.821 bits per heavy atom. The standard InChI is InChI=1S/C23H24N2O3/c24-19-13-10-18(11-14-19)12-15-23(26)25-21-8-4-5-9-22(21)28-17-16-27-20-6-2-1-3-7-20/h1-11,13-14H,12,15-17,24H2,(H,25,26). The third kappa shape index (κ3) is 6.06. The van der Waals surface area contributed by atoms with Gasteiger partial charge in [-0.05, 0) is 48.4 Å². The van der Waals surface area contributed by atoms with Gasteiger partial charge in [0.25, 0.3) is 0 Å². The third-order valence-corrected chi connectivity index (χ3v) is 4.13. The van der Waals surface area contributed by atoms with E-state index in [0.717, 1.165) is 17.0 Å². The highest BCUT2D eigenvalue weighted by molar-refractivity contribution is 5.92. The highest BCUT2D eigenvalue weighted by Crippen LogP contribution is 2.24. The summed E-state index contributed by atoms with van der Waals surface area (Å²) >= 11 is 0. The predicted molar refractivity (Wildman–Crippen MR) is 112 cm³/mol. The van der Waals surface area contributed by atoms with Gasteiger partial charge in [0.15, 0.2) is 0 Å². The van der Waals surface area contributed by atoms with E-state index in [0.29, 0.717) is 37.5 Å². The number of benzene rings is 3. The van der Waals surface area contributed by atoms with Crippen molar-refractivity contribution in [2.75, 3.05) is 24.3 Å². The van der Waals surface area contributed by atoms with Gasteiger partial charge in [0.2, 0.25) is 5.91 Å². The molecule has 0 saturated heterocycles. The van der Waals surface area contributed by atoms with Gasteiger partial charge in [0.1, 0.15) is 24.7 Å². The second-order valence-electron chi connectivity index (χ2n) is 6.30. The van der Waals surface area contributed by atoms with Crippen molar-refractivity contribution in [2.45, 2.75) is 12.8 Å². The molecule has 5 nitrogen and oxygen atoms in total. The van der Waals surface area contributed by atoms with Gasteiger partial charge < -0.3 is 20.5 Å². The molecule has 3 N–H and O–H groups in total. The Hall–Kier alpha value is -3.47. The molecule has 0 bridgehead atoms. The largest absolute Gasteiger partial charge is 0.490 e. The van der Waals surface area contributed by atoms with E-state index < -0.39 is 0 Å². The molecule has 0 aliphatic heterocycles. The molecule has 3 rings (SSSR count). The van der Waals surface area contributed by atoms with Crippen LogP contribution in [0.3, 0.4) is 0 Å². The van der Waals surface area contributed by atoms with Crippen molar-refractivity contribution >= 4 is 17.3 Å². The van der Waals surface area contributed by atoms with Crippen molar-refractivity contribution in [2.24, 2.45) is 0 Å². The zero-order valence-corrected chi connectivity index (χ0v) is 15.6. The fourth-order valence-corrected chi connectivity index (χ4v) is 2.68. The first-order valence-corrected chi connectivity index (χ1v) is 9.24. The third-order valence-electron chi connectivity index (χ3n) is 4.13. The molecule has 28 heavy (non-hydrogen) atoms. The van der Waals surface area contributed by atoms with Crippen LogP contribution < -0.4 is 20.5 Å². The van der Waals surface area contributed by atoms with Gasteiger partial charge in [-0.25, -0.2) is 0 Å². The minimum absolute atomic E-state index is 0.0617. The Balaban J connectivity index is 1.47. The minimum atomic E-state index is -0.0617. The van der Waals surface area contributed by atoms with E-state index in [2.05, 4.69) is 5.32 Å². The van der Waals surface area contributed by atoms with Crippen LogP contribution in [-0.4, -0.2) is 19.1 Å². The first-order chi connectivity index (χ1) is 13.7. The number of nitrogen functional groups attached to an aromatic ring is 1. The number of nitrogens with one attached hydrogen (secondary N) is 1. The number of amides is 1. The molecule has 3 aromatic carbocycles. The van der Waals surface area contributed by atoms with Crippen molar-refractivity contribution in [1.82, 2.24) is 0 Å². The SMILES string of the molecule is Nc1ccc(CCC(=O)Nc2ccccc2OCCOc2ccccc2)cc1. The van der Waals surface area contributed by atoms with Gasteiger partial charge in [0.05, 0.1) is 5.69 Å². The number of nitrogens with two attached hydrogens (primary N) is 1. The fourth-order valence-electron chi connectivity index (χ4n) is 2.68. The van der Waals surface area contributed by atoms with Crippen LogP contribution in [0, 0.1) is 0 Å². The topological polar surface area (TPSA) is 73.6 Å². The summed E-state index contributed by atoms with van der Waals surface area (Å²) in [6.07, 6.45) is 1.04. The summed E-state index contributed by atoms with van der Waals surface area (Å²) in [5, 5.41) is 2.92. The summed E-state index contributed by atoms with van der Waals surface area (Å²) in [4.78, 5) is 12.3. The van der Waals surface area contributed by atoms with Crippen LogP contribution in [0.25, 0.3) is 0 Å². The maximum Gasteiger partial charge on any atom is 0.224 e. The first kappa shape index (κ1) is 19.3. The molecule has 0 aliphatic rings. The van der Waals surface area contributed by atoms with Gasteiger partial charge in [-0.2, -0.15) is 0 Å².